The van der Waals surface area contributed by atoms with Crippen LogP contribution in [0.3, 0.4) is 0 Å². The predicted octanol–water partition coefficient (Wildman–Crippen LogP) is 2.04. The number of aromatic amines is 1. The van der Waals surface area contributed by atoms with E-state index in [4.69, 9.17) is 4.74 Å². The quantitative estimate of drug-likeness (QED) is 0.860. The van der Waals surface area contributed by atoms with Crippen LogP contribution in [-0.4, -0.2) is 41.3 Å². The Morgan fingerprint density at radius 1 is 1.35 bits per heavy atom. The molecule has 4 heteroatoms. The van der Waals surface area contributed by atoms with Gasteiger partial charge in [0.2, 0.25) is 0 Å². The topological polar surface area (TPSA) is 41.1 Å². The third-order valence-corrected chi connectivity index (χ3v) is 3.38. The van der Waals surface area contributed by atoms with Gasteiger partial charge in [-0.3, -0.25) is 5.10 Å². The van der Waals surface area contributed by atoms with Crippen LogP contribution in [0.2, 0.25) is 0 Å². The molecule has 1 fully saturated rings. The van der Waals surface area contributed by atoms with Gasteiger partial charge in [0.05, 0.1) is 11.7 Å². The lowest BCUT2D eigenvalue weighted by molar-refractivity contribution is 0.114. The molecule has 0 atom stereocenters. The summed E-state index contributed by atoms with van der Waals surface area (Å²) in [6.07, 6.45) is 4.41. The van der Waals surface area contributed by atoms with E-state index in [9.17, 15) is 0 Å². The normalized spacial score (nSPS) is 18.6. The molecule has 1 aliphatic heterocycles. The first kappa shape index (κ1) is 10.6. The van der Waals surface area contributed by atoms with Crippen LogP contribution in [0, 0.1) is 0 Å². The van der Waals surface area contributed by atoms with Gasteiger partial charge in [0.25, 0.3) is 0 Å². The zero-order valence-electron chi connectivity index (χ0n) is 10.0. The molecule has 2 aromatic rings. The molecule has 0 spiro atoms. The maximum atomic E-state index is 6.01. The Kier molecular flexibility index (Phi) is 2.73. The van der Waals surface area contributed by atoms with Crippen molar-refractivity contribution in [3.63, 3.8) is 0 Å². The van der Waals surface area contributed by atoms with Crippen LogP contribution in [0.5, 0.6) is 5.75 Å². The summed E-state index contributed by atoms with van der Waals surface area (Å²) in [4.78, 5) is 2.35. The summed E-state index contributed by atoms with van der Waals surface area (Å²) >= 11 is 0. The van der Waals surface area contributed by atoms with Gasteiger partial charge in [-0.05, 0) is 38.1 Å². The van der Waals surface area contributed by atoms with Crippen molar-refractivity contribution in [3.05, 3.63) is 24.4 Å². The van der Waals surface area contributed by atoms with Gasteiger partial charge in [0.1, 0.15) is 11.9 Å². The third kappa shape index (κ3) is 2.26. The third-order valence-electron chi connectivity index (χ3n) is 3.38. The summed E-state index contributed by atoms with van der Waals surface area (Å²) in [7, 11) is 2.16. The summed E-state index contributed by atoms with van der Waals surface area (Å²) in [5.74, 6) is 0.952. The number of piperidine rings is 1. The predicted molar refractivity (Wildman–Crippen MR) is 67.2 cm³/mol. The summed E-state index contributed by atoms with van der Waals surface area (Å²) < 4.78 is 6.01. The minimum atomic E-state index is 0.357. The fourth-order valence-corrected chi connectivity index (χ4v) is 2.29. The molecule has 0 radical (unpaired) electrons. The number of benzene rings is 1. The molecule has 1 saturated heterocycles. The summed E-state index contributed by atoms with van der Waals surface area (Å²) in [5.41, 5.74) is 1.06. The Morgan fingerprint density at radius 2 is 2.18 bits per heavy atom. The number of hydrogen-bond acceptors (Lipinski definition) is 3. The lowest BCUT2D eigenvalue weighted by Gasteiger charge is -2.29. The van der Waals surface area contributed by atoms with E-state index in [1.165, 1.54) is 0 Å². The molecule has 1 N–H and O–H groups in total. The first-order valence-corrected chi connectivity index (χ1v) is 6.09. The maximum absolute atomic E-state index is 6.01. The number of H-pyrrole nitrogens is 1. The second kappa shape index (κ2) is 4.37. The van der Waals surface area contributed by atoms with Gasteiger partial charge in [-0.25, -0.2) is 0 Å². The van der Waals surface area contributed by atoms with Crippen LogP contribution in [0.4, 0.5) is 0 Å². The van der Waals surface area contributed by atoms with E-state index in [2.05, 4.69) is 28.2 Å². The van der Waals surface area contributed by atoms with Crippen LogP contribution in [0.15, 0.2) is 24.4 Å². The van der Waals surface area contributed by atoms with Crippen LogP contribution in [-0.2, 0) is 0 Å². The summed E-state index contributed by atoms with van der Waals surface area (Å²) in [6, 6.07) is 6.09. The Balaban J connectivity index is 1.71. The molecular weight excluding hydrogens is 214 g/mol. The molecule has 0 unspecified atom stereocenters. The molecule has 0 amide bonds. The summed E-state index contributed by atoms with van der Waals surface area (Å²) in [6.45, 7) is 2.25. The highest BCUT2D eigenvalue weighted by Gasteiger charge is 2.17. The van der Waals surface area contributed by atoms with Crippen molar-refractivity contribution in [2.45, 2.75) is 18.9 Å². The van der Waals surface area contributed by atoms with Gasteiger partial charge in [-0.15, -0.1) is 0 Å². The molecule has 1 aliphatic rings. The molecule has 1 aromatic carbocycles. The van der Waals surface area contributed by atoms with Gasteiger partial charge >= 0.3 is 0 Å². The van der Waals surface area contributed by atoms with Crippen molar-refractivity contribution in [1.29, 1.82) is 0 Å². The van der Waals surface area contributed by atoms with Gasteiger partial charge in [-0.2, -0.15) is 5.10 Å². The fraction of sp³-hybridized carbons (Fsp3) is 0.462. The Labute approximate surface area is 101 Å². The maximum Gasteiger partial charge on any atom is 0.120 e. The van der Waals surface area contributed by atoms with Crippen molar-refractivity contribution in [3.8, 4) is 5.75 Å². The molecule has 0 saturated carbocycles. The molecule has 1 aromatic heterocycles. The molecule has 17 heavy (non-hydrogen) atoms. The molecular formula is C13H17N3O. The molecule has 0 bridgehead atoms. The van der Waals surface area contributed by atoms with Crippen molar-refractivity contribution in [2.75, 3.05) is 20.1 Å². The lowest BCUT2D eigenvalue weighted by Crippen LogP contribution is -2.35. The molecule has 2 heterocycles. The first-order valence-electron chi connectivity index (χ1n) is 6.09. The minimum absolute atomic E-state index is 0.357. The van der Waals surface area contributed by atoms with Crippen molar-refractivity contribution >= 4 is 10.9 Å². The van der Waals surface area contributed by atoms with E-state index in [0.717, 1.165) is 42.6 Å². The minimum Gasteiger partial charge on any atom is -0.490 e. The highest BCUT2D eigenvalue weighted by atomic mass is 16.5. The first-order chi connectivity index (χ1) is 8.31. The summed E-state index contributed by atoms with van der Waals surface area (Å²) in [5, 5.41) is 8.06. The Morgan fingerprint density at radius 3 is 3.00 bits per heavy atom. The van der Waals surface area contributed by atoms with Crippen molar-refractivity contribution < 1.29 is 4.74 Å². The fourth-order valence-electron chi connectivity index (χ4n) is 2.29. The molecule has 0 aliphatic carbocycles. The number of nitrogens with zero attached hydrogens (tertiary/aromatic N) is 2. The number of ether oxygens (including phenoxy) is 1. The van der Waals surface area contributed by atoms with Crippen LogP contribution < -0.4 is 4.74 Å². The molecule has 3 rings (SSSR count). The van der Waals surface area contributed by atoms with E-state index < -0.39 is 0 Å². The zero-order chi connectivity index (χ0) is 11.7. The van der Waals surface area contributed by atoms with E-state index in [1.54, 1.807) is 0 Å². The van der Waals surface area contributed by atoms with Crippen LogP contribution >= 0.6 is 0 Å². The number of aromatic nitrogens is 2. The van der Waals surface area contributed by atoms with E-state index in [0.29, 0.717) is 6.10 Å². The number of likely N-dealkylation sites (tertiary alicyclic amines) is 1. The van der Waals surface area contributed by atoms with E-state index in [1.807, 2.05) is 18.3 Å². The largest absolute Gasteiger partial charge is 0.490 e. The number of rotatable bonds is 2. The van der Waals surface area contributed by atoms with Gasteiger partial charge in [-0.1, -0.05) is 0 Å². The monoisotopic (exact) mass is 231 g/mol. The van der Waals surface area contributed by atoms with Crippen molar-refractivity contribution in [1.82, 2.24) is 15.1 Å². The van der Waals surface area contributed by atoms with E-state index >= 15 is 0 Å². The van der Waals surface area contributed by atoms with Crippen LogP contribution in [0.25, 0.3) is 10.9 Å². The smallest absolute Gasteiger partial charge is 0.120 e. The lowest BCUT2D eigenvalue weighted by atomic mass is 10.1. The molecule has 90 valence electrons. The van der Waals surface area contributed by atoms with Crippen molar-refractivity contribution in [2.24, 2.45) is 0 Å². The van der Waals surface area contributed by atoms with Gasteiger partial charge in [0.15, 0.2) is 0 Å². The van der Waals surface area contributed by atoms with Gasteiger partial charge < -0.3 is 9.64 Å². The Bertz CT molecular complexity index is 500. The highest BCUT2D eigenvalue weighted by Crippen LogP contribution is 2.22. The number of nitrogens with one attached hydrogen (secondary N) is 1. The van der Waals surface area contributed by atoms with E-state index in [-0.39, 0.29) is 0 Å². The van der Waals surface area contributed by atoms with Gasteiger partial charge in [0, 0.05) is 18.5 Å². The zero-order valence-corrected chi connectivity index (χ0v) is 10.0. The SMILES string of the molecule is CN1CCC(Oc2ccc3[nH]ncc3c2)CC1. The highest BCUT2D eigenvalue weighted by molar-refractivity contribution is 5.79. The Hall–Kier alpha value is -1.55. The van der Waals surface area contributed by atoms with Crippen LogP contribution in [0.1, 0.15) is 12.8 Å². The average Bonchev–Trinajstić information content (AvgIpc) is 2.79. The number of hydrogen-bond donors (Lipinski definition) is 1. The second-order valence-corrected chi connectivity index (χ2v) is 4.74. The second-order valence-electron chi connectivity index (χ2n) is 4.74. The average molecular weight is 231 g/mol. The molecule has 4 nitrogen and oxygen atoms in total. The standard InChI is InChI=1S/C13H17N3O/c1-16-6-4-11(5-7-16)17-12-2-3-13-10(8-12)9-14-15-13/h2-3,8-9,11H,4-7H2,1H3,(H,14,15). The number of fused-ring (bicyclic) bond motifs is 1.